The summed E-state index contributed by atoms with van der Waals surface area (Å²) in [4.78, 5) is 13.6. The van der Waals surface area contributed by atoms with E-state index in [2.05, 4.69) is 10.5 Å². The van der Waals surface area contributed by atoms with Gasteiger partial charge in [-0.2, -0.15) is 4.31 Å². The van der Waals surface area contributed by atoms with Gasteiger partial charge >= 0.3 is 0 Å². The third-order valence-electron chi connectivity index (χ3n) is 9.25. The normalized spacial score (nSPS) is 22.9. The number of hydrogen-bond donors (Lipinski definition) is 2. The smallest absolute Gasteiger partial charge is 0.272 e. The third-order valence-corrected chi connectivity index (χ3v) is 11.4. The number of benzene rings is 2. The first-order chi connectivity index (χ1) is 22.0. The third kappa shape index (κ3) is 4.97. The number of carbonyl (C=O) groups excluding carboxylic acids is 1. The molecule has 2 fully saturated rings. The van der Waals surface area contributed by atoms with Gasteiger partial charge in [-0.05, 0) is 51.5 Å². The summed E-state index contributed by atoms with van der Waals surface area (Å²) in [6.45, 7) is 1.86. The summed E-state index contributed by atoms with van der Waals surface area (Å²) in [5, 5.41) is 18.4. The highest BCUT2D eigenvalue weighted by Gasteiger charge is 2.54. The molecule has 9 nitrogen and oxygen atoms in total. The number of anilines is 1. The number of amides is 1. The number of hydrogen-bond acceptors (Lipinski definition) is 6. The van der Waals surface area contributed by atoms with Crippen LogP contribution in [-0.4, -0.2) is 45.5 Å². The number of nitrogens with zero attached hydrogens (tertiary/aromatic N) is 3. The molecule has 5 heterocycles. The highest BCUT2D eigenvalue weighted by Crippen LogP contribution is 2.49. The maximum atomic E-state index is 14.6. The first-order valence-corrected chi connectivity index (χ1v) is 16.6. The molecule has 2 atom stereocenters. The van der Waals surface area contributed by atoms with E-state index in [4.69, 9.17) is 4.52 Å². The number of sulfonamides is 1. The van der Waals surface area contributed by atoms with E-state index in [-0.39, 0.29) is 34.7 Å². The largest absolute Gasteiger partial charge is 0.383 e. The Morgan fingerprint density at radius 1 is 1.07 bits per heavy atom. The first kappa shape index (κ1) is 30.5. The van der Waals surface area contributed by atoms with Crippen LogP contribution in [0.15, 0.2) is 64.0 Å². The zero-order valence-corrected chi connectivity index (χ0v) is 25.7. The number of piperidine rings is 1. The zero-order valence-electron chi connectivity index (χ0n) is 24.8. The van der Waals surface area contributed by atoms with Crippen LogP contribution in [0.25, 0.3) is 17.4 Å². The van der Waals surface area contributed by atoms with Crippen molar-refractivity contribution in [3.05, 3.63) is 94.7 Å². The fourth-order valence-corrected chi connectivity index (χ4v) is 9.55. The fraction of sp³-hybridized carbons (Fsp3) is 0.333. The van der Waals surface area contributed by atoms with E-state index in [1.54, 1.807) is 16.7 Å². The number of aromatic nitrogens is 2. The molecule has 2 saturated heterocycles. The fourth-order valence-electron chi connectivity index (χ4n) is 7.27. The minimum atomic E-state index is -4.20. The van der Waals surface area contributed by atoms with Gasteiger partial charge in [-0.25, -0.2) is 21.6 Å². The maximum absolute atomic E-state index is 14.6. The molecule has 240 valence electrons. The Labute approximate surface area is 263 Å². The van der Waals surface area contributed by atoms with Crippen molar-refractivity contribution < 1.29 is 36.0 Å². The molecular formula is C33H31F3N4O5S. The summed E-state index contributed by atoms with van der Waals surface area (Å²) in [5.74, 6) is -4.86. The lowest BCUT2D eigenvalue weighted by molar-refractivity contribution is -0.0393. The number of allylic oxidation sites excluding steroid dienone is 1. The Kier molecular flexibility index (Phi) is 7.45. The van der Waals surface area contributed by atoms with Crippen molar-refractivity contribution in [2.45, 2.75) is 74.6 Å². The molecule has 2 aromatic heterocycles. The van der Waals surface area contributed by atoms with Gasteiger partial charge in [0.05, 0.1) is 5.69 Å². The average Bonchev–Trinajstić information content (AvgIpc) is 3.65. The predicted molar refractivity (Wildman–Crippen MR) is 163 cm³/mol. The summed E-state index contributed by atoms with van der Waals surface area (Å²) in [6, 6.07) is 11.3. The van der Waals surface area contributed by atoms with Crippen molar-refractivity contribution in [2.24, 2.45) is 0 Å². The molecule has 13 heteroatoms. The summed E-state index contributed by atoms with van der Waals surface area (Å²) in [5.41, 5.74) is 0.00665. The zero-order chi connectivity index (χ0) is 32.4. The summed E-state index contributed by atoms with van der Waals surface area (Å²) < 4.78 is 79.1. The maximum Gasteiger partial charge on any atom is 0.272 e. The molecule has 0 spiro atoms. The quantitative estimate of drug-likeness (QED) is 0.242. The van der Waals surface area contributed by atoms with Crippen molar-refractivity contribution in [1.29, 1.82) is 0 Å². The van der Waals surface area contributed by atoms with Gasteiger partial charge in [0, 0.05) is 53.6 Å². The van der Waals surface area contributed by atoms with Crippen LogP contribution < -0.4 is 5.32 Å². The Hall–Kier alpha value is -4.20. The number of fused-ring (bicyclic) bond motifs is 3. The number of rotatable bonds is 6. The summed E-state index contributed by atoms with van der Waals surface area (Å²) >= 11 is 0. The minimum absolute atomic E-state index is 0.0255. The van der Waals surface area contributed by atoms with Crippen molar-refractivity contribution in [2.75, 3.05) is 5.32 Å². The molecule has 0 saturated carbocycles. The average molecular weight is 653 g/mol. The van der Waals surface area contributed by atoms with Gasteiger partial charge in [-0.1, -0.05) is 41.6 Å². The van der Waals surface area contributed by atoms with Crippen LogP contribution in [0.5, 0.6) is 0 Å². The topological polar surface area (TPSA) is 118 Å². The number of nitrogens with one attached hydrogen (secondary N) is 1. The predicted octanol–water partition coefficient (Wildman–Crippen LogP) is 6.13. The number of aliphatic hydroxyl groups is 1. The van der Waals surface area contributed by atoms with Crippen LogP contribution in [0, 0.1) is 24.4 Å². The number of halogens is 3. The second-order valence-electron chi connectivity index (χ2n) is 12.2. The van der Waals surface area contributed by atoms with Gasteiger partial charge in [0.15, 0.2) is 23.2 Å². The van der Waals surface area contributed by atoms with Crippen LogP contribution in [-0.2, 0) is 22.2 Å². The molecule has 0 aliphatic carbocycles. The Balaban J connectivity index is 1.22. The standard InChI is InChI=1S/C33H31F3N4O5S/c1-19-30(32(41)37-21-14-24(34)29(36)25(35)15-21)39-13-7-3-6-10-26(39)31(19)46(43,44)40-22-11-12-23(40)18-33(42,17-22)28-16-27(45-38-28)20-8-4-2-5-9-20/h2,4-6,8-10,14-16,22-23,42H,3,7,11-13,17-18H2,1H3,(H,37,41). The van der Waals surface area contributed by atoms with Gasteiger partial charge in [0.2, 0.25) is 10.0 Å². The van der Waals surface area contributed by atoms with Crippen LogP contribution in [0.3, 0.4) is 0 Å². The van der Waals surface area contributed by atoms with Gasteiger partial charge in [0.25, 0.3) is 5.91 Å². The molecule has 2 N–H and O–H groups in total. The van der Waals surface area contributed by atoms with E-state index >= 15 is 0 Å². The van der Waals surface area contributed by atoms with Crippen LogP contribution in [0.2, 0.25) is 0 Å². The molecule has 2 unspecified atom stereocenters. The van der Waals surface area contributed by atoms with E-state index in [1.165, 1.54) is 11.2 Å². The highest BCUT2D eigenvalue weighted by molar-refractivity contribution is 7.89. The molecular weight excluding hydrogens is 621 g/mol. The first-order valence-electron chi connectivity index (χ1n) is 15.1. The molecule has 0 radical (unpaired) electrons. The molecule has 4 aromatic rings. The number of carbonyl (C=O) groups is 1. The van der Waals surface area contributed by atoms with Crippen molar-refractivity contribution in [1.82, 2.24) is 14.0 Å². The molecule has 2 aromatic carbocycles. The Morgan fingerprint density at radius 3 is 2.41 bits per heavy atom. The summed E-state index contributed by atoms with van der Waals surface area (Å²) in [7, 11) is -4.20. The summed E-state index contributed by atoms with van der Waals surface area (Å²) in [6.07, 6.45) is 6.12. The highest BCUT2D eigenvalue weighted by atomic mass is 32.2. The van der Waals surface area contributed by atoms with Gasteiger partial charge < -0.3 is 19.5 Å². The second kappa shape index (κ2) is 11.2. The molecule has 1 amide bonds. The lowest BCUT2D eigenvalue weighted by atomic mass is 9.84. The van der Waals surface area contributed by atoms with E-state index in [9.17, 15) is 31.5 Å². The van der Waals surface area contributed by atoms with Crippen molar-refractivity contribution >= 4 is 27.7 Å². The molecule has 7 rings (SSSR count). The van der Waals surface area contributed by atoms with E-state index in [0.29, 0.717) is 61.5 Å². The molecule has 46 heavy (non-hydrogen) atoms. The minimum Gasteiger partial charge on any atom is -0.383 e. The van der Waals surface area contributed by atoms with E-state index in [0.717, 1.165) is 5.56 Å². The lowest BCUT2D eigenvalue weighted by Crippen LogP contribution is -2.52. The molecule has 3 aliphatic heterocycles. The van der Waals surface area contributed by atoms with Crippen LogP contribution >= 0.6 is 0 Å². The lowest BCUT2D eigenvalue weighted by Gasteiger charge is -2.42. The van der Waals surface area contributed by atoms with Crippen LogP contribution in [0.4, 0.5) is 18.9 Å². The van der Waals surface area contributed by atoms with E-state index < -0.39 is 51.1 Å². The second-order valence-corrected chi connectivity index (χ2v) is 14.0. The molecule has 3 aliphatic rings. The van der Waals surface area contributed by atoms with Gasteiger partial charge in [-0.3, -0.25) is 4.79 Å². The van der Waals surface area contributed by atoms with Crippen molar-refractivity contribution in [3.8, 4) is 11.3 Å². The van der Waals surface area contributed by atoms with Crippen LogP contribution in [0.1, 0.15) is 66.0 Å². The Morgan fingerprint density at radius 2 is 1.74 bits per heavy atom. The van der Waals surface area contributed by atoms with Gasteiger partial charge in [0.1, 0.15) is 21.9 Å². The monoisotopic (exact) mass is 652 g/mol. The molecule has 2 bridgehead atoms. The Bertz CT molecular complexity index is 1950. The SMILES string of the molecule is Cc1c(S(=O)(=O)N2C3CCC2CC(O)(c2cc(-c4ccccc4)on2)C3)c2n(c1C(=O)Nc1cc(F)c(F)c(F)c1)CCCC=C2. The van der Waals surface area contributed by atoms with Crippen molar-refractivity contribution in [3.63, 3.8) is 0 Å². The van der Waals surface area contributed by atoms with E-state index in [1.807, 2.05) is 36.4 Å². The van der Waals surface area contributed by atoms with Gasteiger partial charge in [-0.15, -0.1) is 0 Å².